The zero-order valence-electron chi connectivity index (χ0n) is 13.7. The summed E-state index contributed by atoms with van der Waals surface area (Å²) in [5.74, 6) is -0.732. The van der Waals surface area contributed by atoms with Gasteiger partial charge in [-0.3, -0.25) is 14.6 Å². The van der Waals surface area contributed by atoms with E-state index in [1.165, 1.54) is 11.3 Å². The lowest BCUT2D eigenvalue weighted by Gasteiger charge is -2.09. The Hall–Kier alpha value is -2.61. The number of nitrogens with one attached hydrogen (secondary N) is 3. The van der Waals surface area contributed by atoms with Crippen molar-refractivity contribution in [2.24, 2.45) is 0 Å². The number of fused-ring (bicyclic) bond motifs is 2. The summed E-state index contributed by atoms with van der Waals surface area (Å²) in [4.78, 5) is 31.5. The van der Waals surface area contributed by atoms with Crippen molar-refractivity contribution in [3.63, 3.8) is 0 Å². The Labute approximate surface area is 167 Å². The number of thiophene rings is 1. The number of halogens is 2. The van der Waals surface area contributed by atoms with Crippen LogP contribution in [0.3, 0.4) is 0 Å². The smallest absolute Gasteiger partial charge is 0.268 e. The number of pyridine rings is 1. The van der Waals surface area contributed by atoms with Crippen molar-refractivity contribution in [2.75, 3.05) is 11.9 Å². The van der Waals surface area contributed by atoms with Gasteiger partial charge in [0.1, 0.15) is 10.0 Å². The molecule has 0 aliphatic carbocycles. The van der Waals surface area contributed by atoms with Crippen LogP contribution in [0.4, 0.5) is 5.69 Å². The van der Waals surface area contributed by atoms with E-state index in [9.17, 15) is 9.59 Å². The first-order valence-electron chi connectivity index (χ1n) is 7.90. The highest BCUT2D eigenvalue weighted by molar-refractivity contribution is 7.23. The lowest BCUT2D eigenvalue weighted by molar-refractivity contribution is -0.115. The number of aromatic nitrogens is 2. The molecule has 27 heavy (non-hydrogen) atoms. The van der Waals surface area contributed by atoms with Crippen LogP contribution in [-0.2, 0) is 4.79 Å². The van der Waals surface area contributed by atoms with Crippen LogP contribution < -0.4 is 10.6 Å². The Morgan fingerprint density at radius 3 is 2.89 bits per heavy atom. The maximum Gasteiger partial charge on any atom is 0.268 e. The van der Waals surface area contributed by atoms with Gasteiger partial charge in [-0.15, -0.1) is 11.3 Å². The Balaban J connectivity index is 1.43. The summed E-state index contributed by atoms with van der Waals surface area (Å²) in [6, 6.07) is 9.02. The number of aromatic amines is 1. The van der Waals surface area contributed by atoms with E-state index >= 15 is 0 Å². The van der Waals surface area contributed by atoms with Gasteiger partial charge in [0.2, 0.25) is 5.91 Å². The van der Waals surface area contributed by atoms with E-state index in [0.29, 0.717) is 26.3 Å². The molecule has 0 unspecified atom stereocenters. The molecule has 3 N–H and O–H groups in total. The van der Waals surface area contributed by atoms with Crippen molar-refractivity contribution in [3.8, 4) is 0 Å². The van der Waals surface area contributed by atoms with Crippen molar-refractivity contribution >= 4 is 73.0 Å². The van der Waals surface area contributed by atoms with E-state index in [2.05, 4.69) is 20.6 Å². The first kappa shape index (κ1) is 17.8. The number of carbonyl (C=O) groups excluding carboxylic acids is 2. The molecule has 0 atom stereocenters. The molecule has 4 rings (SSSR count). The molecule has 0 saturated carbocycles. The van der Waals surface area contributed by atoms with Gasteiger partial charge < -0.3 is 15.6 Å². The molecule has 0 saturated heterocycles. The zero-order valence-corrected chi connectivity index (χ0v) is 16.0. The van der Waals surface area contributed by atoms with Crippen molar-refractivity contribution in [1.29, 1.82) is 0 Å². The minimum atomic E-state index is -0.400. The van der Waals surface area contributed by atoms with E-state index in [0.717, 1.165) is 15.5 Å². The number of carbonyl (C=O) groups is 2. The molecule has 2 amide bonds. The molecule has 3 heterocycles. The SMILES string of the molecule is O=C(CNC(=O)c1cc2sc(Cl)c(Cl)c2[nH]1)Nc1cccc2cnccc12. The van der Waals surface area contributed by atoms with Crippen molar-refractivity contribution in [2.45, 2.75) is 0 Å². The second-order valence-electron chi connectivity index (χ2n) is 5.75. The van der Waals surface area contributed by atoms with Crippen molar-refractivity contribution in [3.05, 3.63) is 57.8 Å². The predicted octanol–water partition coefficient (Wildman–Crippen LogP) is 4.45. The summed E-state index contributed by atoms with van der Waals surface area (Å²) in [7, 11) is 0. The minimum Gasteiger partial charge on any atom is -0.349 e. The second kappa shape index (κ2) is 7.19. The van der Waals surface area contributed by atoms with E-state index in [4.69, 9.17) is 23.2 Å². The van der Waals surface area contributed by atoms with E-state index in [-0.39, 0.29) is 12.5 Å². The fourth-order valence-corrected chi connectivity index (χ4v) is 4.20. The van der Waals surface area contributed by atoms with Gasteiger partial charge in [0.25, 0.3) is 5.91 Å². The highest BCUT2D eigenvalue weighted by atomic mass is 35.5. The molecule has 136 valence electrons. The first-order chi connectivity index (χ1) is 13.0. The highest BCUT2D eigenvalue weighted by Crippen LogP contribution is 2.38. The average molecular weight is 419 g/mol. The van der Waals surface area contributed by atoms with Gasteiger partial charge in [0.05, 0.1) is 21.8 Å². The largest absolute Gasteiger partial charge is 0.349 e. The van der Waals surface area contributed by atoms with Crippen LogP contribution in [0.15, 0.2) is 42.7 Å². The zero-order chi connectivity index (χ0) is 19.0. The van der Waals surface area contributed by atoms with Gasteiger partial charge in [-0.1, -0.05) is 35.3 Å². The molecule has 0 aliphatic rings. The number of H-pyrrole nitrogens is 1. The molecule has 0 fully saturated rings. The topological polar surface area (TPSA) is 86.9 Å². The lowest BCUT2D eigenvalue weighted by Crippen LogP contribution is -2.33. The summed E-state index contributed by atoms with van der Waals surface area (Å²) in [5, 5.41) is 7.57. The Morgan fingerprint density at radius 1 is 1.22 bits per heavy atom. The van der Waals surface area contributed by atoms with Gasteiger partial charge in [-0.25, -0.2) is 0 Å². The monoisotopic (exact) mass is 418 g/mol. The van der Waals surface area contributed by atoms with E-state index < -0.39 is 5.91 Å². The average Bonchev–Trinajstić information content (AvgIpc) is 3.20. The number of nitrogens with zero attached hydrogens (tertiary/aromatic N) is 1. The molecule has 4 aromatic rings. The van der Waals surface area contributed by atoms with E-state index in [1.54, 1.807) is 24.5 Å². The Morgan fingerprint density at radius 2 is 2.07 bits per heavy atom. The van der Waals surface area contributed by atoms with Crippen molar-refractivity contribution in [1.82, 2.24) is 15.3 Å². The summed E-state index contributed by atoms with van der Waals surface area (Å²) >= 11 is 13.3. The second-order valence-corrected chi connectivity index (χ2v) is 7.78. The molecule has 3 aromatic heterocycles. The molecule has 6 nitrogen and oxygen atoms in total. The summed E-state index contributed by atoms with van der Waals surface area (Å²) in [6.07, 6.45) is 3.38. The normalized spacial score (nSPS) is 11.0. The van der Waals surface area contributed by atoms with Gasteiger partial charge in [0, 0.05) is 28.9 Å². The molecule has 9 heteroatoms. The van der Waals surface area contributed by atoms with Gasteiger partial charge in [0.15, 0.2) is 0 Å². The number of amides is 2. The third kappa shape index (κ3) is 3.49. The van der Waals surface area contributed by atoms with Crippen LogP contribution in [0.1, 0.15) is 10.5 Å². The third-order valence-electron chi connectivity index (χ3n) is 3.98. The number of hydrogen-bond donors (Lipinski definition) is 3. The molecule has 0 radical (unpaired) electrons. The van der Waals surface area contributed by atoms with Crippen LogP contribution in [0.25, 0.3) is 21.0 Å². The molecule has 0 aliphatic heterocycles. The first-order valence-corrected chi connectivity index (χ1v) is 9.47. The quantitative estimate of drug-likeness (QED) is 0.457. The number of anilines is 1. The molecular formula is C18H12Cl2N4O2S. The molecular weight excluding hydrogens is 407 g/mol. The third-order valence-corrected chi connectivity index (χ3v) is 5.91. The van der Waals surface area contributed by atoms with Gasteiger partial charge in [-0.2, -0.15) is 0 Å². The van der Waals surface area contributed by atoms with Crippen LogP contribution >= 0.6 is 34.5 Å². The lowest BCUT2D eigenvalue weighted by atomic mass is 10.1. The molecule has 1 aromatic carbocycles. The van der Waals surface area contributed by atoms with Crippen LogP contribution in [0, 0.1) is 0 Å². The predicted molar refractivity (Wildman–Crippen MR) is 109 cm³/mol. The standard InChI is InChI=1S/C18H12Cl2N4O2S/c19-15-16-13(27-17(15)20)6-12(24-16)18(26)22-8-14(25)23-11-3-1-2-9-7-21-5-4-10(9)11/h1-7,24H,8H2,(H,22,26)(H,23,25). The minimum absolute atomic E-state index is 0.165. The highest BCUT2D eigenvalue weighted by Gasteiger charge is 2.16. The molecule has 0 bridgehead atoms. The van der Waals surface area contributed by atoms with E-state index in [1.807, 2.05) is 18.2 Å². The Bertz CT molecular complexity index is 1180. The van der Waals surface area contributed by atoms with Crippen LogP contribution in [0.5, 0.6) is 0 Å². The number of rotatable bonds is 4. The number of hydrogen-bond acceptors (Lipinski definition) is 4. The fourth-order valence-electron chi connectivity index (χ4n) is 2.72. The summed E-state index contributed by atoms with van der Waals surface area (Å²) < 4.78 is 1.25. The fraction of sp³-hybridized carbons (Fsp3) is 0.0556. The van der Waals surface area contributed by atoms with Gasteiger partial charge >= 0.3 is 0 Å². The summed E-state index contributed by atoms with van der Waals surface area (Å²) in [5.41, 5.74) is 1.60. The summed E-state index contributed by atoms with van der Waals surface area (Å²) in [6.45, 7) is -0.165. The van der Waals surface area contributed by atoms with Crippen molar-refractivity contribution < 1.29 is 9.59 Å². The van der Waals surface area contributed by atoms with Gasteiger partial charge in [-0.05, 0) is 18.2 Å². The number of benzene rings is 1. The van der Waals surface area contributed by atoms with Crippen LogP contribution in [0.2, 0.25) is 9.36 Å². The Kier molecular flexibility index (Phi) is 4.73. The molecule has 0 spiro atoms. The maximum atomic E-state index is 12.3. The van der Waals surface area contributed by atoms with Crippen LogP contribution in [-0.4, -0.2) is 28.3 Å². The maximum absolute atomic E-state index is 12.3.